The molecule has 1 saturated carbocycles. The number of rotatable bonds is 6. The lowest BCUT2D eigenvalue weighted by Gasteiger charge is -2.32. The molecule has 3 rings (SSSR count). The van der Waals surface area contributed by atoms with Gasteiger partial charge in [-0.05, 0) is 36.0 Å². The van der Waals surface area contributed by atoms with Gasteiger partial charge in [-0.3, -0.25) is 9.59 Å². The molecule has 0 saturated heterocycles. The standard InChI is InChI=1S/C21H28N2O2/c1-16(24)23-14-12-18-10-4-5-11-19(18)20(23)15-21(25)22-13-6-9-17-7-2-3-8-17/h4-5,10-12,14,17,20H,2-3,6-9,13,15H2,1H3,(H,22,25). The van der Waals surface area contributed by atoms with Gasteiger partial charge in [-0.1, -0.05) is 49.9 Å². The average Bonchev–Trinajstić information content (AvgIpc) is 3.12. The van der Waals surface area contributed by atoms with Crippen LogP contribution >= 0.6 is 0 Å². The molecule has 2 aliphatic rings. The number of carbonyl (C=O) groups excluding carboxylic acids is 2. The predicted octanol–water partition coefficient (Wildman–Crippen LogP) is 4.04. The van der Waals surface area contributed by atoms with Crippen molar-refractivity contribution >= 4 is 17.9 Å². The molecule has 1 aliphatic heterocycles. The van der Waals surface area contributed by atoms with Crippen molar-refractivity contribution in [1.82, 2.24) is 10.2 Å². The van der Waals surface area contributed by atoms with Gasteiger partial charge in [0, 0.05) is 19.7 Å². The molecule has 0 bridgehead atoms. The number of nitrogens with one attached hydrogen (secondary N) is 1. The van der Waals surface area contributed by atoms with Gasteiger partial charge in [0.2, 0.25) is 11.8 Å². The van der Waals surface area contributed by atoms with Crippen molar-refractivity contribution in [2.24, 2.45) is 5.92 Å². The molecule has 134 valence electrons. The Hall–Kier alpha value is -2.10. The maximum absolute atomic E-state index is 12.4. The molecule has 1 unspecified atom stereocenters. The van der Waals surface area contributed by atoms with Crippen LogP contribution in [0.4, 0.5) is 0 Å². The van der Waals surface area contributed by atoms with Crippen molar-refractivity contribution in [2.45, 2.75) is 57.9 Å². The molecule has 1 fully saturated rings. The van der Waals surface area contributed by atoms with Crippen molar-refractivity contribution in [2.75, 3.05) is 6.54 Å². The van der Waals surface area contributed by atoms with Crippen LogP contribution in [-0.4, -0.2) is 23.3 Å². The van der Waals surface area contributed by atoms with E-state index in [1.165, 1.54) is 32.1 Å². The van der Waals surface area contributed by atoms with Gasteiger partial charge in [-0.2, -0.15) is 0 Å². The third-order valence-corrected chi connectivity index (χ3v) is 5.43. The maximum atomic E-state index is 12.4. The summed E-state index contributed by atoms with van der Waals surface area (Å²) in [6.07, 6.45) is 11.8. The van der Waals surface area contributed by atoms with Gasteiger partial charge in [0.15, 0.2) is 0 Å². The zero-order valence-electron chi connectivity index (χ0n) is 15.0. The van der Waals surface area contributed by atoms with Gasteiger partial charge in [-0.25, -0.2) is 0 Å². The number of fused-ring (bicyclic) bond motifs is 1. The van der Waals surface area contributed by atoms with Crippen molar-refractivity contribution in [3.8, 4) is 0 Å². The minimum absolute atomic E-state index is 0.0211. The van der Waals surface area contributed by atoms with Crippen molar-refractivity contribution in [3.05, 3.63) is 41.6 Å². The topological polar surface area (TPSA) is 49.4 Å². The monoisotopic (exact) mass is 340 g/mol. The molecule has 1 aliphatic carbocycles. The Labute approximate surface area is 150 Å². The van der Waals surface area contributed by atoms with Crippen LogP contribution < -0.4 is 5.32 Å². The fourth-order valence-electron chi connectivity index (χ4n) is 4.08. The largest absolute Gasteiger partial charge is 0.356 e. The van der Waals surface area contributed by atoms with Crippen LogP contribution in [0.25, 0.3) is 6.08 Å². The molecule has 2 amide bonds. The molecule has 1 aromatic carbocycles. The van der Waals surface area contributed by atoms with Crippen LogP contribution in [0.15, 0.2) is 30.5 Å². The number of amides is 2. The van der Waals surface area contributed by atoms with E-state index in [2.05, 4.69) is 5.32 Å². The highest BCUT2D eigenvalue weighted by Gasteiger charge is 2.28. The zero-order valence-corrected chi connectivity index (χ0v) is 15.0. The lowest BCUT2D eigenvalue weighted by Crippen LogP contribution is -2.35. The lowest BCUT2D eigenvalue weighted by atomic mass is 9.93. The fourth-order valence-corrected chi connectivity index (χ4v) is 4.08. The van der Waals surface area contributed by atoms with Gasteiger partial charge < -0.3 is 10.2 Å². The summed E-state index contributed by atoms with van der Waals surface area (Å²) < 4.78 is 0. The molecular weight excluding hydrogens is 312 g/mol. The molecule has 1 heterocycles. The first-order chi connectivity index (χ1) is 12.1. The summed E-state index contributed by atoms with van der Waals surface area (Å²) in [6.45, 7) is 2.28. The minimum atomic E-state index is -0.214. The Kier molecular flexibility index (Phi) is 5.90. The Morgan fingerprint density at radius 2 is 1.96 bits per heavy atom. The molecule has 0 aromatic heterocycles. The summed E-state index contributed by atoms with van der Waals surface area (Å²) in [5, 5.41) is 3.04. The van der Waals surface area contributed by atoms with E-state index in [1.807, 2.05) is 30.3 Å². The van der Waals surface area contributed by atoms with E-state index in [1.54, 1.807) is 18.0 Å². The Morgan fingerprint density at radius 1 is 1.20 bits per heavy atom. The van der Waals surface area contributed by atoms with Crippen molar-refractivity contribution < 1.29 is 9.59 Å². The Morgan fingerprint density at radius 3 is 2.72 bits per heavy atom. The van der Waals surface area contributed by atoms with E-state index in [4.69, 9.17) is 0 Å². The van der Waals surface area contributed by atoms with E-state index in [-0.39, 0.29) is 17.9 Å². The quantitative estimate of drug-likeness (QED) is 0.795. The third kappa shape index (κ3) is 4.50. The second-order valence-electron chi connectivity index (χ2n) is 7.23. The second-order valence-corrected chi connectivity index (χ2v) is 7.23. The SMILES string of the molecule is CC(=O)N1C=Cc2ccccc2C1CC(=O)NCCCC1CCCC1. The normalized spacial score (nSPS) is 19.7. The van der Waals surface area contributed by atoms with Crippen LogP contribution in [0, 0.1) is 5.92 Å². The summed E-state index contributed by atoms with van der Waals surface area (Å²) >= 11 is 0. The lowest BCUT2D eigenvalue weighted by molar-refractivity contribution is -0.129. The summed E-state index contributed by atoms with van der Waals surface area (Å²) in [7, 11) is 0. The van der Waals surface area contributed by atoms with Crippen molar-refractivity contribution in [1.29, 1.82) is 0 Å². The summed E-state index contributed by atoms with van der Waals surface area (Å²) in [6, 6.07) is 7.76. The van der Waals surface area contributed by atoms with Crippen LogP contribution in [-0.2, 0) is 9.59 Å². The van der Waals surface area contributed by atoms with E-state index in [9.17, 15) is 9.59 Å². The molecular formula is C21H28N2O2. The molecule has 1 N–H and O–H groups in total. The second kappa shape index (κ2) is 8.32. The third-order valence-electron chi connectivity index (χ3n) is 5.43. The summed E-state index contributed by atoms with van der Waals surface area (Å²) in [4.78, 5) is 26.0. The van der Waals surface area contributed by atoms with Gasteiger partial charge in [0.05, 0.1) is 12.5 Å². The number of nitrogens with zero attached hydrogens (tertiary/aromatic N) is 1. The minimum Gasteiger partial charge on any atom is -0.356 e. The number of carbonyl (C=O) groups is 2. The van der Waals surface area contributed by atoms with Crippen LogP contribution in [0.5, 0.6) is 0 Å². The summed E-state index contributed by atoms with van der Waals surface area (Å²) in [5.41, 5.74) is 2.13. The average molecular weight is 340 g/mol. The van der Waals surface area contributed by atoms with Gasteiger partial charge in [0.1, 0.15) is 0 Å². The van der Waals surface area contributed by atoms with Crippen LogP contribution in [0.2, 0.25) is 0 Å². The van der Waals surface area contributed by atoms with E-state index >= 15 is 0 Å². The van der Waals surface area contributed by atoms with E-state index in [0.717, 1.165) is 30.0 Å². The van der Waals surface area contributed by atoms with Crippen LogP contribution in [0.3, 0.4) is 0 Å². The highest BCUT2D eigenvalue weighted by molar-refractivity contribution is 5.81. The Bertz CT molecular complexity index is 647. The maximum Gasteiger partial charge on any atom is 0.223 e. The zero-order chi connectivity index (χ0) is 17.6. The van der Waals surface area contributed by atoms with Crippen LogP contribution in [0.1, 0.15) is 69.0 Å². The molecule has 25 heavy (non-hydrogen) atoms. The van der Waals surface area contributed by atoms with Gasteiger partial charge in [0.25, 0.3) is 0 Å². The number of hydrogen-bond acceptors (Lipinski definition) is 2. The highest BCUT2D eigenvalue weighted by Crippen LogP contribution is 2.32. The number of hydrogen-bond donors (Lipinski definition) is 1. The van der Waals surface area contributed by atoms with Crippen molar-refractivity contribution in [3.63, 3.8) is 0 Å². The Balaban J connectivity index is 1.54. The molecule has 1 atom stereocenters. The first kappa shape index (κ1) is 17.7. The highest BCUT2D eigenvalue weighted by atomic mass is 16.2. The first-order valence-electron chi connectivity index (χ1n) is 9.48. The van der Waals surface area contributed by atoms with E-state index in [0.29, 0.717) is 6.42 Å². The predicted molar refractivity (Wildman–Crippen MR) is 99.6 cm³/mol. The summed E-state index contributed by atoms with van der Waals surface area (Å²) in [5.74, 6) is 0.845. The molecule has 0 radical (unpaired) electrons. The molecule has 4 heteroatoms. The van der Waals surface area contributed by atoms with Gasteiger partial charge >= 0.3 is 0 Å². The molecule has 1 aromatic rings. The first-order valence-corrected chi connectivity index (χ1v) is 9.48. The van der Waals surface area contributed by atoms with Gasteiger partial charge in [-0.15, -0.1) is 0 Å². The molecule has 0 spiro atoms. The smallest absolute Gasteiger partial charge is 0.223 e. The molecule has 4 nitrogen and oxygen atoms in total. The van der Waals surface area contributed by atoms with E-state index < -0.39 is 0 Å². The number of benzene rings is 1. The fraction of sp³-hybridized carbons (Fsp3) is 0.524.